The summed E-state index contributed by atoms with van der Waals surface area (Å²) in [7, 11) is 0. The van der Waals surface area contributed by atoms with Gasteiger partial charge in [0.05, 0.1) is 27.0 Å². The van der Waals surface area contributed by atoms with Gasteiger partial charge < -0.3 is 4.74 Å². The number of nitrogens with zero attached hydrogens (tertiary/aromatic N) is 6. The summed E-state index contributed by atoms with van der Waals surface area (Å²) in [6.07, 6.45) is 2.31. The zero-order valence-corrected chi connectivity index (χ0v) is 21.4. The molecule has 2 aromatic heterocycles. The summed E-state index contributed by atoms with van der Waals surface area (Å²) in [6.45, 7) is 5.69. The number of aromatic nitrogens is 3. The van der Waals surface area contributed by atoms with E-state index in [9.17, 15) is 25.0 Å². The third-order valence-corrected chi connectivity index (χ3v) is 5.62. The molecule has 0 atom stereocenters. The van der Waals surface area contributed by atoms with Crippen LogP contribution in [0.5, 0.6) is 11.6 Å². The Kier molecular flexibility index (Phi) is 6.81. The molecule has 0 aliphatic heterocycles. The lowest BCUT2D eigenvalue weighted by molar-refractivity contribution is -0.385. The Hall–Kier alpha value is -4.52. The zero-order valence-electron chi connectivity index (χ0n) is 19.8. The number of nitro groups is 2. The number of hydrogen-bond donors (Lipinski definition) is 0. The Morgan fingerprint density at radius 2 is 1.81 bits per heavy atom. The summed E-state index contributed by atoms with van der Waals surface area (Å²) in [5, 5.41) is 27.2. The maximum absolute atomic E-state index is 13.3. The Labute approximate surface area is 217 Å². The molecule has 13 heteroatoms. The fourth-order valence-corrected chi connectivity index (χ4v) is 3.72. The van der Waals surface area contributed by atoms with Crippen molar-refractivity contribution in [3.63, 3.8) is 0 Å². The van der Waals surface area contributed by atoms with Crippen molar-refractivity contribution in [2.45, 2.75) is 26.2 Å². The molecule has 0 aliphatic rings. The first-order chi connectivity index (χ1) is 17.4. The number of rotatable bonds is 6. The molecular weight excluding hydrogens is 548 g/mol. The SMILES string of the molecule is CC(C)(C)c1nc2ccc(Br)cc2c(=O)n1N=Cc1ccc(Oc2ccc([N+](=O)[O-])cn2)c([N+](=O)[O-])c1. The molecule has 37 heavy (non-hydrogen) atoms. The molecule has 12 nitrogen and oxygen atoms in total. The van der Waals surface area contributed by atoms with Gasteiger partial charge in [-0.3, -0.25) is 25.0 Å². The van der Waals surface area contributed by atoms with Gasteiger partial charge in [0.1, 0.15) is 12.0 Å². The van der Waals surface area contributed by atoms with Crippen molar-refractivity contribution in [1.82, 2.24) is 14.6 Å². The van der Waals surface area contributed by atoms with Gasteiger partial charge in [0.2, 0.25) is 11.6 Å². The number of hydrogen-bond acceptors (Lipinski definition) is 9. The standard InChI is InChI=1S/C24H19BrN6O6/c1-24(2,3)23-28-18-7-5-15(25)11-17(18)22(32)29(23)27-12-14-4-8-20(19(10-14)31(35)36)37-21-9-6-16(13-26-21)30(33)34/h4-13H,1-3H3. The summed E-state index contributed by atoms with van der Waals surface area (Å²) in [6, 6.07) is 11.7. The Bertz CT molecular complexity index is 1630. The molecule has 0 unspecified atom stereocenters. The van der Waals surface area contributed by atoms with Crippen LogP contribution in [0.15, 0.2) is 69.1 Å². The van der Waals surface area contributed by atoms with E-state index in [1.54, 1.807) is 18.2 Å². The lowest BCUT2D eigenvalue weighted by Crippen LogP contribution is -2.29. The van der Waals surface area contributed by atoms with Crippen LogP contribution in [0.4, 0.5) is 11.4 Å². The highest BCUT2D eigenvalue weighted by molar-refractivity contribution is 9.10. The van der Waals surface area contributed by atoms with Crippen LogP contribution >= 0.6 is 15.9 Å². The van der Waals surface area contributed by atoms with Crippen molar-refractivity contribution in [1.29, 1.82) is 0 Å². The van der Waals surface area contributed by atoms with Gasteiger partial charge in [-0.05, 0) is 30.3 Å². The number of ether oxygens (including phenoxy) is 1. The highest BCUT2D eigenvalue weighted by atomic mass is 79.9. The third kappa shape index (κ3) is 5.51. The summed E-state index contributed by atoms with van der Waals surface area (Å²) in [5.74, 6) is 0.250. The monoisotopic (exact) mass is 566 g/mol. The number of halogens is 1. The van der Waals surface area contributed by atoms with E-state index in [4.69, 9.17) is 4.74 Å². The first-order valence-corrected chi connectivity index (χ1v) is 11.6. The van der Waals surface area contributed by atoms with Gasteiger partial charge >= 0.3 is 5.69 Å². The van der Waals surface area contributed by atoms with Crippen LogP contribution in [0, 0.1) is 20.2 Å². The van der Waals surface area contributed by atoms with E-state index in [2.05, 4.69) is 31.0 Å². The molecular formula is C24H19BrN6O6. The fraction of sp³-hybridized carbons (Fsp3) is 0.167. The summed E-state index contributed by atoms with van der Waals surface area (Å²) in [5.41, 5.74) is -0.675. The van der Waals surface area contributed by atoms with Crippen molar-refractivity contribution >= 4 is 44.4 Å². The molecule has 2 aromatic carbocycles. The van der Waals surface area contributed by atoms with E-state index in [0.29, 0.717) is 26.8 Å². The second kappa shape index (κ2) is 9.85. The summed E-state index contributed by atoms with van der Waals surface area (Å²) < 4.78 is 7.38. The van der Waals surface area contributed by atoms with Crippen LogP contribution in [-0.4, -0.2) is 30.7 Å². The average molecular weight is 567 g/mol. The number of nitro benzene ring substituents is 1. The fourth-order valence-electron chi connectivity index (χ4n) is 3.36. The van der Waals surface area contributed by atoms with Crippen LogP contribution in [0.2, 0.25) is 0 Å². The maximum atomic E-state index is 13.3. The Morgan fingerprint density at radius 1 is 1.05 bits per heavy atom. The minimum absolute atomic E-state index is 0.0510. The van der Waals surface area contributed by atoms with Gasteiger partial charge in [-0.2, -0.15) is 9.78 Å². The van der Waals surface area contributed by atoms with Gasteiger partial charge in [-0.1, -0.05) is 36.7 Å². The van der Waals surface area contributed by atoms with Crippen molar-refractivity contribution < 1.29 is 14.6 Å². The highest BCUT2D eigenvalue weighted by Gasteiger charge is 2.23. The lowest BCUT2D eigenvalue weighted by atomic mass is 9.95. The molecule has 0 aliphatic carbocycles. The predicted molar refractivity (Wildman–Crippen MR) is 139 cm³/mol. The van der Waals surface area contributed by atoms with Crippen LogP contribution in [0.25, 0.3) is 10.9 Å². The van der Waals surface area contributed by atoms with E-state index in [1.165, 1.54) is 41.2 Å². The third-order valence-electron chi connectivity index (χ3n) is 5.13. The Morgan fingerprint density at radius 3 is 2.43 bits per heavy atom. The van der Waals surface area contributed by atoms with E-state index >= 15 is 0 Å². The molecule has 4 aromatic rings. The van der Waals surface area contributed by atoms with Crippen molar-refractivity contribution in [2.24, 2.45) is 5.10 Å². The second-order valence-electron chi connectivity index (χ2n) is 8.91. The molecule has 2 heterocycles. The minimum atomic E-state index is -0.639. The summed E-state index contributed by atoms with van der Waals surface area (Å²) in [4.78, 5) is 43.0. The molecule has 0 saturated carbocycles. The van der Waals surface area contributed by atoms with Gasteiger partial charge in [0.25, 0.3) is 11.2 Å². The predicted octanol–water partition coefficient (Wildman–Crippen LogP) is 5.34. The van der Waals surface area contributed by atoms with Gasteiger partial charge in [-0.25, -0.2) is 9.97 Å². The van der Waals surface area contributed by atoms with Crippen molar-refractivity contribution in [2.75, 3.05) is 0 Å². The smallest absolute Gasteiger partial charge is 0.312 e. The van der Waals surface area contributed by atoms with Crippen LogP contribution in [0.1, 0.15) is 32.2 Å². The molecule has 0 radical (unpaired) electrons. The molecule has 0 bridgehead atoms. The zero-order chi connectivity index (χ0) is 26.9. The average Bonchev–Trinajstić information content (AvgIpc) is 2.84. The first kappa shape index (κ1) is 25.6. The van der Waals surface area contributed by atoms with E-state index in [1.807, 2.05) is 20.8 Å². The number of fused-ring (bicyclic) bond motifs is 1. The lowest BCUT2D eigenvalue weighted by Gasteiger charge is -2.20. The van der Waals surface area contributed by atoms with E-state index in [0.717, 1.165) is 6.20 Å². The first-order valence-electron chi connectivity index (χ1n) is 10.8. The van der Waals surface area contributed by atoms with E-state index in [-0.39, 0.29) is 28.6 Å². The van der Waals surface area contributed by atoms with Crippen LogP contribution < -0.4 is 10.3 Å². The van der Waals surface area contributed by atoms with Crippen molar-refractivity contribution in [3.05, 3.63) is 101 Å². The highest BCUT2D eigenvalue weighted by Crippen LogP contribution is 2.31. The van der Waals surface area contributed by atoms with Crippen molar-refractivity contribution in [3.8, 4) is 11.6 Å². The maximum Gasteiger partial charge on any atom is 0.312 e. The second-order valence-corrected chi connectivity index (χ2v) is 9.82. The molecule has 0 saturated heterocycles. The Balaban J connectivity index is 1.73. The number of pyridine rings is 1. The van der Waals surface area contributed by atoms with Crippen LogP contribution in [-0.2, 0) is 5.41 Å². The normalized spacial score (nSPS) is 11.7. The molecule has 0 N–H and O–H groups in total. The largest absolute Gasteiger partial charge is 0.432 e. The van der Waals surface area contributed by atoms with Gasteiger partial charge in [-0.15, -0.1) is 0 Å². The quantitative estimate of drug-likeness (QED) is 0.172. The van der Waals surface area contributed by atoms with E-state index < -0.39 is 15.3 Å². The number of benzene rings is 2. The molecule has 188 valence electrons. The minimum Gasteiger partial charge on any atom is -0.432 e. The summed E-state index contributed by atoms with van der Waals surface area (Å²) >= 11 is 3.36. The molecule has 0 fully saturated rings. The molecule has 4 rings (SSSR count). The topological polar surface area (TPSA) is 156 Å². The van der Waals surface area contributed by atoms with Gasteiger partial charge in [0.15, 0.2) is 0 Å². The molecule has 0 amide bonds. The van der Waals surface area contributed by atoms with Gasteiger partial charge in [0, 0.05) is 33.7 Å². The molecule has 0 spiro atoms. The van der Waals surface area contributed by atoms with Crippen LogP contribution in [0.3, 0.4) is 0 Å².